The quantitative estimate of drug-likeness (QED) is 0.216. The Balaban J connectivity index is 1.58. The van der Waals surface area contributed by atoms with Gasteiger partial charge >= 0.3 is 0 Å². The Labute approximate surface area is 247 Å². The van der Waals surface area contributed by atoms with Gasteiger partial charge in [0.2, 0.25) is 0 Å². The maximum Gasteiger partial charge on any atom is 0.100 e. The maximum atomic E-state index is 10.3. The van der Waals surface area contributed by atoms with Crippen molar-refractivity contribution in [2.24, 2.45) is 0 Å². The van der Waals surface area contributed by atoms with E-state index in [4.69, 9.17) is 0 Å². The molecule has 0 unspecified atom stereocenters. The molecular formula is C38H34N4. The van der Waals surface area contributed by atoms with Crippen LogP contribution < -0.4 is 0 Å². The number of fused-ring (bicyclic) bond motifs is 2. The molecule has 0 aliphatic heterocycles. The van der Waals surface area contributed by atoms with Crippen LogP contribution in [0.2, 0.25) is 0 Å². The van der Waals surface area contributed by atoms with E-state index in [1.54, 1.807) is 6.07 Å². The molecule has 42 heavy (non-hydrogen) atoms. The van der Waals surface area contributed by atoms with Gasteiger partial charge in [-0.2, -0.15) is 10.5 Å². The van der Waals surface area contributed by atoms with Crippen molar-refractivity contribution in [1.29, 1.82) is 10.5 Å². The Bertz CT molecular complexity index is 2020. The highest BCUT2D eigenvalue weighted by molar-refractivity contribution is 5.98. The van der Waals surface area contributed by atoms with Gasteiger partial charge in [-0.1, -0.05) is 71.0 Å². The van der Waals surface area contributed by atoms with Gasteiger partial charge in [0.15, 0.2) is 0 Å². The lowest BCUT2D eigenvalue weighted by molar-refractivity contribution is 0.522. The first-order chi connectivity index (χ1) is 20.1. The molecule has 206 valence electrons. The minimum absolute atomic E-state index is 0.0498. The summed E-state index contributed by atoms with van der Waals surface area (Å²) in [4.78, 5) is 0. The van der Waals surface area contributed by atoms with Crippen LogP contribution in [0.1, 0.15) is 62.4 Å². The first-order valence-corrected chi connectivity index (χ1v) is 14.4. The highest BCUT2D eigenvalue weighted by Crippen LogP contribution is 2.40. The second-order valence-corrected chi connectivity index (χ2v) is 12.8. The fourth-order valence-electron chi connectivity index (χ4n) is 6.38. The summed E-state index contributed by atoms with van der Waals surface area (Å²) in [6.45, 7) is 11.2. The van der Waals surface area contributed by atoms with Gasteiger partial charge in [0.1, 0.15) is 6.07 Å². The summed E-state index contributed by atoms with van der Waals surface area (Å²) in [5.74, 6) is 0. The number of benzene rings is 4. The predicted octanol–water partition coefficient (Wildman–Crippen LogP) is 9.14. The van der Waals surface area contributed by atoms with Crippen LogP contribution in [0.3, 0.4) is 0 Å². The lowest BCUT2D eigenvalue weighted by atomic mass is 9.75. The van der Waals surface area contributed by atoms with Gasteiger partial charge in [0.05, 0.1) is 28.6 Å². The molecule has 0 aliphatic rings. The average molecular weight is 547 g/mol. The SMILES string of the molecule is CC(C)(C)c1ccc2c(-n3cccc3)cc(CC(C)(C)c3ccc4c(C#N)cccc4c3C#N)cc2c1-n1cccc1. The number of hydrogen-bond donors (Lipinski definition) is 0. The highest BCUT2D eigenvalue weighted by atomic mass is 15.0. The summed E-state index contributed by atoms with van der Waals surface area (Å²) in [5, 5.41) is 24.0. The normalized spacial score (nSPS) is 12.0. The molecule has 4 heteroatoms. The van der Waals surface area contributed by atoms with Crippen molar-refractivity contribution in [3.8, 4) is 23.5 Å². The van der Waals surface area contributed by atoms with Crippen LogP contribution in [-0.4, -0.2) is 9.13 Å². The Morgan fingerprint density at radius 1 is 0.619 bits per heavy atom. The van der Waals surface area contributed by atoms with E-state index in [-0.39, 0.29) is 10.8 Å². The molecule has 2 aromatic heterocycles. The number of nitriles is 2. The third kappa shape index (κ3) is 4.56. The minimum atomic E-state index is -0.348. The number of rotatable bonds is 5. The second kappa shape index (κ2) is 10.1. The minimum Gasteiger partial charge on any atom is -0.323 e. The predicted molar refractivity (Wildman–Crippen MR) is 171 cm³/mol. The summed E-state index contributed by atoms with van der Waals surface area (Å²) in [6.07, 6.45) is 9.18. The summed E-state index contributed by atoms with van der Waals surface area (Å²) in [6, 6.07) is 31.8. The van der Waals surface area contributed by atoms with Crippen molar-refractivity contribution in [1.82, 2.24) is 9.13 Å². The Hall–Kier alpha value is -5.06. The van der Waals surface area contributed by atoms with Crippen LogP contribution in [0.5, 0.6) is 0 Å². The fraction of sp³-hybridized carbons (Fsp3) is 0.211. The van der Waals surface area contributed by atoms with Gasteiger partial charge < -0.3 is 9.13 Å². The van der Waals surface area contributed by atoms with Crippen molar-refractivity contribution in [3.05, 3.63) is 131 Å². The molecule has 2 heterocycles. The van der Waals surface area contributed by atoms with Crippen molar-refractivity contribution in [3.63, 3.8) is 0 Å². The van der Waals surface area contributed by atoms with Crippen LogP contribution in [-0.2, 0) is 17.3 Å². The maximum absolute atomic E-state index is 10.3. The lowest BCUT2D eigenvalue weighted by Gasteiger charge is -2.29. The molecule has 0 aliphatic carbocycles. The third-order valence-corrected chi connectivity index (χ3v) is 8.37. The van der Waals surface area contributed by atoms with Crippen molar-refractivity contribution < 1.29 is 0 Å². The molecule has 4 aromatic carbocycles. The Morgan fingerprint density at radius 2 is 1.26 bits per heavy atom. The van der Waals surface area contributed by atoms with E-state index in [9.17, 15) is 10.5 Å². The number of aromatic nitrogens is 2. The van der Waals surface area contributed by atoms with E-state index < -0.39 is 0 Å². The molecule has 0 saturated heterocycles. The summed E-state index contributed by atoms with van der Waals surface area (Å²) < 4.78 is 4.43. The summed E-state index contributed by atoms with van der Waals surface area (Å²) in [5.41, 5.74) is 6.64. The van der Waals surface area contributed by atoms with E-state index in [1.165, 1.54) is 27.6 Å². The van der Waals surface area contributed by atoms with Gasteiger partial charge in [0, 0.05) is 46.3 Å². The number of nitrogens with zero attached hydrogens (tertiary/aromatic N) is 4. The molecular weight excluding hydrogens is 512 g/mol. The third-order valence-electron chi connectivity index (χ3n) is 8.37. The van der Waals surface area contributed by atoms with E-state index in [2.05, 4.69) is 129 Å². The molecule has 0 bridgehead atoms. The fourth-order valence-corrected chi connectivity index (χ4v) is 6.38. The van der Waals surface area contributed by atoms with E-state index in [0.29, 0.717) is 11.1 Å². The van der Waals surface area contributed by atoms with Gasteiger partial charge in [-0.3, -0.25) is 0 Å². The molecule has 0 saturated carbocycles. The summed E-state index contributed by atoms with van der Waals surface area (Å²) in [7, 11) is 0. The largest absolute Gasteiger partial charge is 0.323 e. The van der Waals surface area contributed by atoms with Crippen LogP contribution >= 0.6 is 0 Å². The zero-order chi connectivity index (χ0) is 29.6. The van der Waals surface area contributed by atoms with Gasteiger partial charge in [-0.05, 0) is 76.4 Å². The van der Waals surface area contributed by atoms with E-state index >= 15 is 0 Å². The monoisotopic (exact) mass is 546 g/mol. The van der Waals surface area contributed by atoms with Crippen molar-refractivity contribution in [2.75, 3.05) is 0 Å². The standard InChI is InChI=1S/C38H34N4/c1-37(2,3)34-16-14-30-31(36(34)42-19-8-9-20-42)21-26(22-35(30)41-17-6-7-18-41)23-38(4,5)33-15-13-28-27(24-39)11-10-12-29(28)32(33)25-40/h6-22H,23H2,1-5H3. The van der Waals surface area contributed by atoms with Crippen LogP contribution in [0.15, 0.2) is 104 Å². The van der Waals surface area contributed by atoms with Crippen LogP contribution in [0.25, 0.3) is 32.9 Å². The Morgan fingerprint density at radius 3 is 1.90 bits per heavy atom. The average Bonchev–Trinajstić information content (AvgIpc) is 3.69. The second-order valence-electron chi connectivity index (χ2n) is 12.8. The van der Waals surface area contributed by atoms with Gasteiger partial charge in [-0.15, -0.1) is 0 Å². The summed E-state index contributed by atoms with van der Waals surface area (Å²) >= 11 is 0. The zero-order valence-electron chi connectivity index (χ0n) is 24.8. The molecule has 0 atom stereocenters. The molecule has 0 amide bonds. The molecule has 4 nitrogen and oxygen atoms in total. The Kier molecular flexibility index (Phi) is 6.52. The lowest BCUT2D eigenvalue weighted by Crippen LogP contribution is -2.22. The number of hydrogen-bond acceptors (Lipinski definition) is 2. The van der Waals surface area contributed by atoms with Crippen LogP contribution in [0.4, 0.5) is 0 Å². The molecule has 6 aromatic rings. The highest BCUT2D eigenvalue weighted by Gasteiger charge is 2.28. The van der Waals surface area contributed by atoms with Crippen molar-refractivity contribution >= 4 is 21.5 Å². The van der Waals surface area contributed by atoms with E-state index in [1.807, 2.05) is 24.3 Å². The first kappa shape index (κ1) is 27.1. The molecule has 0 N–H and O–H groups in total. The topological polar surface area (TPSA) is 57.4 Å². The molecule has 6 rings (SSSR count). The zero-order valence-corrected chi connectivity index (χ0v) is 24.8. The molecule has 0 radical (unpaired) electrons. The first-order valence-electron chi connectivity index (χ1n) is 14.4. The molecule has 0 fully saturated rings. The van der Waals surface area contributed by atoms with Crippen LogP contribution in [0, 0.1) is 22.7 Å². The van der Waals surface area contributed by atoms with Gasteiger partial charge in [-0.25, -0.2) is 0 Å². The van der Waals surface area contributed by atoms with Gasteiger partial charge in [0.25, 0.3) is 0 Å². The van der Waals surface area contributed by atoms with Crippen molar-refractivity contribution in [2.45, 2.75) is 51.9 Å². The van der Waals surface area contributed by atoms with E-state index in [0.717, 1.165) is 28.4 Å². The molecule has 0 spiro atoms. The smallest absolute Gasteiger partial charge is 0.100 e.